The topological polar surface area (TPSA) is 84.5 Å². The first-order valence-corrected chi connectivity index (χ1v) is 7.45. The van der Waals surface area contributed by atoms with Gasteiger partial charge < -0.3 is 15.4 Å². The predicted octanol–water partition coefficient (Wildman–Crippen LogP) is 1.77. The molecule has 1 aromatic carbocycles. The quantitative estimate of drug-likeness (QED) is 0.829. The minimum Gasteiger partial charge on any atom is -0.466 e. The molecule has 0 saturated heterocycles. The average Bonchev–Trinajstić information content (AvgIpc) is 2.54. The van der Waals surface area contributed by atoms with Crippen molar-refractivity contribution in [3.63, 3.8) is 0 Å². The van der Waals surface area contributed by atoms with E-state index in [1.807, 2.05) is 25.1 Å². The number of aryl methyl sites for hydroxylation is 1. The van der Waals surface area contributed by atoms with Crippen molar-refractivity contribution in [2.45, 2.75) is 26.7 Å². The summed E-state index contributed by atoms with van der Waals surface area (Å²) in [5.41, 5.74) is 2.23. The van der Waals surface area contributed by atoms with E-state index in [1.165, 1.54) is 7.11 Å². The lowest BCUT2D eigenvalue weighted by Crippen LogP contribution is -2.40. The molecule has 1 aliphatic heterocycles. The molecule has 0 saturated carbocycles. The van der Waals surface area contributed by atoms with E-state index in [4.69, 9.17) is 4.74 Å². The van der Waals surface area contributed by atoms with Crippen molar-refractivity contribution in [1.29, 1.82) is 0 Å². The first-order chi connectivity index (χ1) is 11.0. The number of ether oxygens (including phenoxy) is 1. The molecule has 23 heavy (non-hydrogen) atoms. The lowest BCUT2D eigenvalue weighted by molar-refractivity contribution is -0.139. The maximum atomic E-state index is 12.6. The number of rotatable bonds is 4. The highest BCUT2D eigenvalue weighted by molar-refractivity contribution is 6.06. The third-order valence-corrected chi connectivity index (χ3v) is 3.85. The highest BCUT2D eigenvalue weighted by Crippen LogP contribution is 2.26. The summed E-state index contributed by atoms with van der Waals surface area (Å²) in [6.07, 6.45) is 0.683. The lowest BCUT2D eigenvalue weighted by Gasteiger charge is -2.25. The molecular formula is C17H20N2O4. The fourth-order valence-electron chi connectivity index (χ4n) is 2.68. The molecule has 0 radical (unpaired) electrons. The normalized spacial score (nSPS) is 17.5. The molecule has 0 unspecified atom stereocenters. The molecule has 6 heteroatoms. The number of allylic oxidation sites excluding steroid dienone is 1. The maximum Gasteiger partial charge on any atom is 0.336 e. The van der Waals surface area contributed by atoms with Crippen LogP contribution in [0.15, 0.2) is 35.5 Å². The Balaban J connectivity index is 2.30. The molecule has 0 spiro atoms. The summed E-state index contributed by atoms with van der Waals surface area (Å²) in [4.78, 5) is 36.3. The minimum absolute atomic E-state index is 0.0814. The van der Waals surface area contributed by atoms with Crippen LogP contribution in [0.1, 0.15) is 25.8 Å². The van der Waals surface area contributed by atoms with Gasteiger partial charge in [0, 0.05) is 17.8 Å². The monoisotopic (exact) mass is 316 g/mol. The van der Waals surface area contributed by atoms with E-state index in [0.717, 1.165) is 12.0 Å². The first kappa shape index (κ1) is 16.7. The number of amides is 2. The van der Waals surface area contributed by atoms with Crippen LogP contribution in [0.25, 0.3) is 0 Å². The van der Waals surface area contributed by atoms with Crippen LogP contribution in [0.2, 0.25) is 0 Å². The number of carbonyl (C=O) groups excluding carboxylic acids is 3. The largest absolute Gasteiger partial charge is 0.466 e. The molecule has 2 rings (SSSR count). The number of anilines is 1. The average molecular weight is 316 g/mol. The highest BCUT2D eigenvalue weighted by atomic mass is 16.5. The number of benzene rings is 1. The van der Waals surface area contributed by atoms with Crippen molar-refractivity contribution in [2.75, 3.05) is 12.4 Å². The van der Waals surface area contributed by atoms with Crippen molar-refractivity contribution in [3.05, 3.63) is 41.1 Å². The Hall–Kier alpha value is -2.63. The fourth-order valence-corrected chi connectivity index (χ4v) is 2.68. The summed E-state index contributed by atoms with van der Waals surface area (Å²) in [7, 11) is 1.25. The van der Waals surface area contributed by atoms with E-state index in [2.05, 4.69) is 10.6 Å². The highest BCUT2D eigenvalue weighted by Gasteiger charge is 2.36. The fraction of sp³-hybridized carbons (Fsp3) is 0.353. The summed E-state index contributed by atoms with van der Waals surface area (Å²) in [6, 6.07) is 7.44. The molecule has 2 amide bonds. The van der Waals surface area contributed by atoms with E-state index in [9.17, 15) is 14.4 Å². The van der Waals surface area contributed by atoms with Crippen LogP contribution in [0.4, 0.5) is 5.69 Å². The molecular weight excluding hydrogens is 296 g/mol. The van der Waals surface area contributed by atoms with Crippen LogP contribution < -0.4 is 10.6 Å². The second kappa shape index (κ2) is 7.09. The number of hydrogen-bond acceptors (Lipinski definition) is 4. The number of hydrogen-bond donors (Lipinski definition) is 2. The Morgan fingerprint density at radius 3 is 2.70 bits per heavy atom. The summed E-state index contributed by atoms with van der Waals surface area (Å²) >= 11 is 0. The number of methoxy groups -OCH3 is 1. The zero-order chi connectivity index (χ0) is 17.0. The summed E-state index contributed by atoms with van der Waals surface area (Å²) < 4.78 is 4.74. The Labute approximate surface area is 134 Å². The Morgan fingerprint density at radius 2 is 2.04 bits per heavy atom. The molecule has 2 N–H and O–H groups in total. The molecule has 1 aromatic rings. The lowest BCUT2D eigenvalue weighted by atomic mass is 9.89. The van der Waals surface area contributed by atoms with Crippen molar-refractivity contribution < 1.29 is 19.1 Å². The molecule has 0 aromatic heterocycles. The van der Waals surface area contributed by atoms with Gasteiger partial charge in [0.05, 0.1) is 18.6 Å². The minimum atomic E-state index is -0.860. The summed E-state index contributed by atoms with van der Waals surface area (Å²) in [5.74, 6) is -2.15. The molecule has 0 fully saturated rings. The van der Waals surface area contributed by atoms with E-state index in [1.54, 1.807) is 13.0 Å². The van der Waals surface area contributed by atoms with Gasteiger partial charge in [0.25, 0.3) is 0 Å². The van der Waals surface area contributed by atoms with Gasteiger partial charge in [-0.15, -0.1) is 0 Å². The Bertz CT molecular complexity index is 679. The van der Waals surface area contributed by atoms with Crippen molar-refractivity contribution in [1.82, 2.24) is 5.32 Å². The predicted molar refractivity (Wildman–Crippen MR) is 85.4 cm³/mol. The van der Waals surface area contributed by atoms with Gasteiger partial charge in [-0.05, 0) is 25.0 Å². The van der Waals surface area contributed by atoms with Crippen LogP contribution in [-0.4, -0.2) is 24.9 Å². The van der Waals surface area contributed by atoms with Gasteiger partial charge >= 0.3 is 5.97 Å². The summed E-state index contributed by atoms with van der Waals surface area (Å²) in [5, 5.41) is 5.40. The van der Waals surface area contributed by atoms with E-state index < -0.39 is 11.9 Å². The van der Waals surface area contributed by atoms with Gasteiger partial charge in [0.2, 0.25) is 11.8 Å². The zero-order valence-electron chi connectivity index (χ0n) is 13.4. The van der Waals surface area contributed by atoms with Crippen molar-refractivity contribution in [3.8, 4) is 0 Å². The van der Waals surface area contributed by atoms with Gasteiger partial charge in [-0.25, -0.2) is 4.79 Å². The van der Waals surface area contributed by atoms with Crippen LogP contribution in [0, 0.1) is 5.92 Å². The second-order valence-corrected chi connectivity index (χ2v) is 5.34. The molecule has 0 bridgehead atoms. The molecule has 1 aliphatic rings. The smallest absolute Gasteiger partial charge is 0.336 e. The van der Waals surface area contributed by atoms with Gasteiger partial charge in [-0.2, -0.15) is 0 Å². The van der Waals surface area contributed by atoms with Crippen molar-refractivity contribution >= 4 is 23.5 Å². The van der Waals surface area contributed by atoms with E-state index in [-0.39, 0.29) is 23.8 Å². The molecule has 1 atom stereocenters. The summed E-state index contributed by atoms with van der Waals surface area (Å²) in [6.45, 7) is 3.58. The second-order valence-electron chi connectivity index (χ2n) is 5.34. The molecule has 122 valence electrons. The number of carbonyl (C=O) groups is 3. The molecule has 1 heterocycles. The maximum absolute atomic E-state index is 12.6. The van der Waals surface area contributed by atoms with E-state index >= 15 is 0 Å². The van der Waals surface area contributed by atoms with Gasteiger partial charge in [-0.1, -0.05) is 25.1 Å². The number of para-hydroxylation sites is 1. The van der Waals surface area contributed by atoms with Crippen molar-refractivity contribution in [2.24, 2.45) is 5.92 Å². The van der Waals surface area contributed by atoms with Gasteiger partial charge in [0.15, 0.2) is 0 Å². The number of esters is 1. The van der Waals surface area contributed by atoms with Crippen LogP contribution in [0.5, 0.6) is 0 Å². The zero-order valence-corrected chi connectivity index (χ0v) is 13.4. The number of nitrogens with one attached hydrogen (secondary N) is 2. The van der Waals surface area contributed by atoms with Gasteiger partial charge in [-0.3, -0.25) is 9.59 Å². The standard InChI is InChI=1S/C17H20N2O4/c1-4-11-7-5-6-8-13(11)19-16(21)12-9-14(20)18-10(2)15(12)17(22)23-3/h5-8,12H,4,9H2,1-3H3,(H,18,20)(H,19,21)/t12-/m1/s1. The van der Waals surface area contributed by atoms with E-state index in [0.29, 0.717) is 11.4 Å². The third-order valence-electron chi connectivity index (χ3n) is 3.85. The first-order valence-electron chi connectivity index (χ1n) is 7.45. The van der Waals surface area contributed by atoms with Crippen LogP contribution >= 0.6 is 0 Å². The molecule has 0 aliphatic carbocycles. The van der Waals surface area contributed by atoms with Crippen LogP contribution in [-0.2, 0) is 25.5 Å². The third kappa shape index (κ3) is 3.59. The Kier molecular flexibility index (Phi) is 5.16. The van der Waals surface area contributed by atoms with Crippen LogP contribution in [0.3, 0.4) is 0 Å². The van der Waals surface area contributed by atoms with Gasteiger partial charge in [0.1, 0.15) is 0 Å². The Morgan fingerprint density at radius 1 is 1.35 bits per heavy atom. The molecule has 6 nitrogen and oxygen atoms in total. The SMILES string of the molecule is CCc1ccccc1NC(=O)[C@@H]1CC(=O)NC(C)=C1C(=O)OC.